The quantitative estimate of drug-likeness (QED) is 0.801. The molecule has 2 saturated heterocycles. The molecule has 2 fully saturated rings. The molecule has 2 N–H and O–H groups in total. The van der Waals surface area contributed by atoms with Crippen LogP contribution in [0.15, 0.2) is 24.3 Å². The van der Waals surface area contributed by atoms with Crippen LogP contribution in [0.5, 0.6) is 5.75 Å². The van der Waals surface area contributed by atoms with Gasteiger partial charge in [-0.3, -0.25) is 14.9 Å². The Hall–Kier alpha value is -2.08. The molecule has 1 atom stereocenters. The number of piperidine rings is 1. The zero-order chi connectivity index (χ0) is 16.6. The van der Waals surface area contributed by atoms with Crippen LogP contribution in [-0.4, -0.2) is 49.5 Å². The van der Waals surface area contributed by atoms with E-state index in [2.05, 4.69) is 10.6 Å². The van der Waals surface area contributed by atoms with Crippen molar-refractivity contribution in [3.63, 3.8) is 0 Å². The van der Waals surface area contributed by atoms with Crippen molar-refractivity contribution < 1.29 is 14.3 Å². The predicted octanol–water partition coefficient (Wildman–Crippen LogP) is 0.838. The number of carbonyl (C=O) groups excluding carboxylic acids is 2. The van der Waals surface area contributed by atoms with Crippen LogP contribution in [0, 0.1) is 5.41 Å². The summed E-state index contributed by atoms with van der Waals surface area (Å²) in [6.07, 6.45) is 2.39. The number of carbonyl (C=O) groups is 2. The third-order valence-electron chi connectivity index (χ3n) is 5.52. The Morgan fingerprint density at radius 3 is 2.79 bits per heavy atom. The van der Waals surface area contributed by atoms with E-state index >= 15 is 0 Å². The first-order valence-electron chi connectivity index (χ1n) is 8.68. The zero-order valence-corrected chi connectivity index (χ0v) is 13.7. The molecular formula is C18H23N3O3. The molecule has 0 aromatic heterocycles. The third kappa shape index (κ3) is 2.75. The smallest absolute Gasteiger partial charge is 0.244 e. The van der Waals surface area contributed by atoms with E-state index in [1.165, 1.54) is 0 Å². The Balaban J connectivity index is 1.48. The van der Waals surface area contributed by atoms with Crippen LogP contribution >= 0.6 is 0 Å². The molecule has 3 heterocycles. The van der Waals surface area contributed by atoms with Gasteiger partial charge in [-0.1, -0.05) is 18.2 Å². The Morgan fingerprint density at radius 1 is 1.25 bits per heavy atom. The monoisotopic (exact) mass is 329 g/mol. The van der Waals surface area contributed by atoms with E-state index in [-0.39, 0.29) is 23.3 Å². The Kier molecular flexibility index (Phi) is 3.92. The molecule has 1 unspecified atom stereocenters. The molecule has 1 aromatic carbocycles. The van der Waals surface area contributed by atoms with Crippen molar-refractivity contribution in [2.75, 3.05) is 32.8 Å². The Bertz CT molecular complexity index is 653. The number of benzene rings is 1. The molecule has 3 aliphatic heterocycles. The average Bonchev–Trinajstić information content (AvgIpc) is 2.83. The lowest BCUT2D eigenvalue weighted by Gasteiger charge is -2.39. The number of hydrogen-bond acceptors (Lipinski definition) is 4. The summed E-state index contributed by atoms with van der Waals surface area (Å²) < 4.78 is 5.73. The number of hydrogen-bond donors (Lipinski definition) is 2. The SMILES string of the molecule is O=C1CC2(CCN(C(=O)C3NCCOc4ccccc43)CC2)CN1. The molecule has 0 saturated carbocycles. The van der Waals surface area contributed by atoms with Crippen molar-refractivity contribution in [2.24, 2.45) is 5.41 Å². The van der Waals surface area contributed by atoms with Gasteiger partial charge in [-0.15, -0.1) is 0 Å². The van der Waals surface area contributed by atoms with Gasteiger partial charge >= 0.3 is 0 Å². The maximum Gasteiger partial charge on any atom is 0.244 e. The van der Waals surface area contributed by atoms with Crippen LogP contribution in [0.1, 0.15) is 30.9 Å². The number of nitrogens with zero attached hydrogens (tertiary/aromatic N) is 1. The summed E-state index contributed by atoms with van der Waals surface area (Å²) in [4.78, 5) is 26.5. The van der Waals surface area contributed by atoms with Gasteiger partial charge in [-0.25, -0.2) is 0 Å². The van der Waals surface area contributed by atoms with Crippen molar-refractivity contribution in [3.8, 4) is 5.75 Å². The molecule has 2 amide bonds. The van der Waals surface area contributed by atoms with Crippen LogP contribution in [0.3, 0.4) is 0 Å². The van der Waals surface area contributed by atoms with Crippen LogP contribution in [0.4, 0.5) is 0 Å². The summed E-state index contributed by atoms with van der Waals surface area (Å²) in [5.41, 5.74) is 0.976. The van der Waals surface area contributed by atoms with Crippen LogP contribution in [0.2, 0.25) is 0 Å². The fourth-order valence-electron chi connectivity index (χ4n) is 4.03. The predicted molar refractivity (Wildman–Crippen MR) is 88.6 cm³/mol. The second kappa shape index (κ2) is 6.09. The van der Waals surface area contributed by atoms with Crippen molar-refractivity contribution in [3.05, 3.63) is 29.8 Å². The van der Waals surface area contributed by atoms with Gasteiger partial charge in [0.05, 0.1) is 0 Å². The van der Waals surface area contributed by atoms with Gasteiger partial charge in [0, 0.05) is 38.2 Å². The minimum Gasteiger partial charge on any atom is -0.492 e. The molecule has 1 spiro atoms. The highest BCUT2D eigenvalue weighted by atomic mass is 16.5. The van der Waals surface area contributed by atoms with E-state index in [1.807, 2.05) is 29.2 Å². The molecule has 0 aliphatic carbocycles. The molecule has 24 heavy (non-hydrogen) atoms. The molecule has 6 nitrogen and oxygen atoms in total. The first-order chi connectivity index (χ1) is 11.7. The van der Waals surface area contributed by atoms with Gasteiger partial charge in [0.25, 0.3) is 0 Å². The van der Waals surface area contributed by atoms with E-state index in [4.69, 9.17) is 4.74 Å². The molecule has 6 heteroatoms. The second-order valence-electron chi connectivity index (χ2n) is 7.05. The molecule has 0 radical (unpaired) electrons. The number of likely N-dealkylation sites (tertiary alicyclic amines) is 1. The topological polar surface area (TPSA) is 70.7 Å². The first kappa shape index (κ1) is 15.4. The summed E-state index contributed by atoms with van der Waals surface area (Å²) >= 11 is 0. The first-order valence-corrected chi connectivity index (χ1v) is 8.68. The van der Waals surface area contributed by atoms with E-state index in [1.54, 1.807) is 0 Å². The highest BCUT2D eigenvalue weighted by molar-refractivity contribution is 5.84. The lowest BCUT2D eigenvalue weighted by Crippen LogP contribution is -2.48. The lowest BCUT2D eigenvalue weighted by atomic mass is 9.77. The second-order valence-corrected chi connectivity index (χ2v) is 7.05. The van der Waals surface area contributed by atoms with Crippen LogP contribution in [0.25, 0.3) is 0 Å². The number of para-hydroxylation sites is 1. The fourth-order valence-corrected chi connectivity index (χ4v) is 4.03. The number of fused-ring (bicyclic) bond motifs is 1. The van der Waals surface area contributed by atoms with Gasteiger partial charge in [-0.05, 0) is 24.3 Å². The Labute approximate surface area is 141 Å². The highest BCUT2D eigenvalue weighted by Crippen LogP contribution is 2.38. The van der Waals surface area contributed by atoms with Crippen LogP contribution in [-0.2, 0) is 9.59 Å². The molecule has 1 aromatic rings. The zero-order valence-electron chi connectivity index (χ0n) is 13.7. The van der Waals surface area contributed by atoms with Gasteiger partial charge in [-0.2, -0.15) is 0 Å². The normalized spacial score (nSPS) is 25.6. The van der Waals surface area contributed by atoms with E-state index in [0.29, 0.717) is 19.6 Å². The molecular weight excluding hydrogens is 306 g/mol. The Morgan fingerprint density at radius 2 is 2.04 bits per heavy atom. The van der Waals surface area contributed by atoms with E-state index in [9.17, 15) is 9.59 Å². The molecule has 0 bridgehead atoms. The standard InChI is InChI=1S/C18H23N3O3/c22-15-11-18(12-20-15)5-8-21(9-6-18)17(23)16-13-3-1-2-4-14(13)24-10-7-19-16/h1-4,16,19H,5-12H2,(H,20,22). The van der Waals surface area contributed by atoms with Gasteiger partial charge < -0.3 is 15.0 Å². The number of nitrogens with one attached hydrogen (secondary N) is 2. The fraction of sp³-hybridized carbons (Fsp3) is 0.556. The largest absolute Gasteiger partial charge is 0.492 e. The minimum absolute atomic E-state index is 0.0613. The van der Waals surface area contributed by atoms with Crippen molar-refractivity contribution >= 4 is 11.8 Å². The summed E-state index contributed by atoms with van der Waals surface area (Å²) in [5.74, 6) is 1.05. The van der Waals surface area contributed by atoms with E-state index < -0.39 is 0 Å². The highest BCUT2D eigenvalue weighted by Gasteiger charge is 2.42. The minimum atomic E-state index is -0.346. The number of ether oxygens (including phenoxy) is 1. The van der Waals surface area contributed by atoms with Crippen molar-refractivity contribution in [1.29, 1.82) is 0 Å². The summed E-state index contributed by atoms with van der Waals surface area (Å²) in [6, 6.07) is 7.41. The maximum atomic E-state index is 13.1. The van der Waals surface area contributed by atoms with Crippen molar-refractivity contribution in [2.45, 2.75) is 25.3 Å². The van der Waals surface area contributed by atoms with Gasteiger partial charge in [0.15, 0.2) is 0 Å². The van der Waals surface area contributed by atoms with Gasteiger partial charge in [0.1, 0.15) is 18.4 Å². The lowest BCUT2D eigenvalue weighted by molar-refractivity contribution is -0.135. The molecule has 128 valence electrons. The summed E-state index contributed by atoms with van der Waals surface area (Å²) in [5, 5.41) is 6.26. The third-order valence-corrected chi connectivity index (χ3v) is 5.52. The molecule has 3 aliphatic rings. The molecule has 4 rings (SSSR count). The van der Waals surface area contributed by atoms with E-state index in [0.717, 1.165) is 43.8 Å². The van der Waals surface area contributed by atoms with Gasteiger partial charge in [0.2, 0.25) is 11.8 Å². The van der Waals surface area contributed by atoms with Crippen molar-refractivity contribution in [1.82, 2.24) is 15.5 Å². The summed E-state index contributed by atoms with van der Waals surface area (Å²) in [7, 11) is 0. The maximum absolute atomic E-state index is 13.1. The number of rotatable bonds is 1. The number of amides is 2. The van der Waals surface area contributed by atoms with Crippen LogP contribution < -0.4 is 15.4 Å². The summed E-state index contributed by atoms with van der Waals surface area (Å²) in [6.45, 7) is 3.41. The average molecular weight is 329 g/mol.